The molecule has 0 atom stereocenters. The summed E-state index contributed by atoms with van der Waals surface area (Å²) in [5, 5.41) is 7.09. The van der Waals surface area contributed by atoms with Gasteiger partial charge in [0.2, 0.25) is 5.95 Å². The van der Waals surface area contributed by atoms with E-state index in [0.29, 0.717) is 11.7 Å². The summed E-state index contributed by atoms with van der Waals surface area (Å²) < 4.78 is 2.15. The summed E-state index contributed by atoms with van der Waals surface area (Å²) in [4.78, 5) is 5.90. The predicted molar refractivity (Wildman–Crippen MR) is 123 cm³/mol. The van der Waals surface area contributed by atoms with Gasteiger partial charge in [0.05, 0.1) is 23.3 Å². The van der Waals surface area contributed by atoms with Crippen molar-refractivity contribution in [2.45, 2.75) is 11.4 Å². The van der Waals surface area contributed by atoms with E-state index < -0.39 is 0 Å². The lowest BCUT2D eigenvalue weighted by atomic mass is 10.2. The summed E-state index contributed by atoms with van der Waals surface area (Å²) in [7, 11) is 0. The Hall–Kier alpha value is -2.83. The number of aromatic nitrogens is 2. The van der Waals surface area contributed by atoms with Gasteiger partial charge in [0.25, 0.3) is 0 Å². The van der Waals surface area contributed by atoms with Gasteiger partial charge in [0.15, 0.2) is 5.11 Å². The third-order valence-electron chi connectivity index (χ3n) is 4.42. The van der Waals surface area contributed by atoms with Crippen molar-refractivity contribution in [2.75, 3.05) is 16.9 Å². The van der Waals surface area contributed by atoms with Crippen molar-refractivity contribution in [1.29, 1.82) is 0 Å². The van der Waals surface area contributed by atoms with Crippen LogP contribution in [0, 0.1) is 0 Å². The molecule has 28 heavy (non-hydrogen) atoms. The topological polar surface area (TPSA) is 41.9 Å². The highest BCUT2D eigenvalue weighted by Gasteiger charge is 2.13. The van der Waals surface area contributed by atoms with Gasteiger partial charge in [-0.25, -0.2) is 4.98 Å². The fraction of sp³-hybridized carbons (Fsp3) is 0.0909. The molecule has 0 unspecified atom stereocenters. The molecule has 140 valence electrons. The molecule has 0 saturated heterocycles. The Morgan fingerprint density at radius 3 is 2.46 bits per heavy atom. The zero-order chi connectivity index (χ0) is 19.3. The summed E-state index contributed by atoms with van der Waals surface area (Å²) in [5.41, 5.74) is 4.20. The van der Waals surface area contributed by atoms with Gasteiger partial charge in [-0.1, -0.05) is 54.6 Å². The second-order valence-corrected chi connectivity index (χ2v) is 7.53. The Bertz CT molecular complexity index is 1110. The number of benzene rings is 3. The molecule has 1 heterocycles. The number of anilines is 2. The molecule has 0 saturated carbocycles. The van der Waals surface area contributed by atoms with Gasteiger partial charge < -0.3 is 15.2 Å². The average molecular weight is 405 g/mol. The second kappa shape index (κ2) is 8.46. The van der Waals surface area contributed by atoms with E-state index >= 15 is 0 Å². The SMILES string of the molecule is CSc1ccccc1NC(=S)Nc1nc2ccccc2n1Cc1ccccc1. The van der Waals surface area contributed by atoms with Crippen molar-refractivity contribution in [3.63, 3.8) is 0 Å². The number of para-hydroxylation sites is 3. The molecule has 0 radical (unpaired) electrons. The monoisotopic (exact) mass is 404 g/mol. The Labute approximate surface area is 174 Å². The number of hydrogen-bond donors (Lipinski definition) is 2. The van der Waals surface area contributed by atoms with E-state index in [1.165, 1.54) is 5.56 Å². The van der Waals surface area contributed by atoms with E-state index in [4.69, 9.17) is 17.2 Å². The normalized spacial score (nSPS) is 10.8. The Morgan fingerprint density at radius 2 is 1.64 bits per heavy atom. The molecule has 1 aromatic heterocycles. The number of fused-ring (bicyclic) bond motifs is 1. The first-order valence-corrected chi connectivity index (χ1v) is 10.6. The average Bonchev–Trinajstić information content (AvgIpc) is 3.06. The lowest BCUT2D eigenvalue weighted by molar-refractivity contribution is 0.837. The van der Waals surface area contributed by atoms with Crippen LogP contribution in [0.15, 0.2) is 83.8 Å². The van der Waals surface area contributed by atoms with Crippen LogP contribution in [-0.4, -0.2) is 20.9 Å². The van der Waals surface area contributed by atoms with E-state index in [0.717, 1.165) is 27.6 Å². The molecule has 0 aliphatic rings. The molecule has 0 aliphatic heterocycles. The number of imidazole rings is 1. The fourth-order valence-electron chi connectivity index (χ4n) is 3.10. The van der Waals surface area contributed by atoms with Gasteiger partial charge >= 0.3 is 0 Å². The quantitative estimate of drug-likeness (QED) is 0.334. The standard InChI is InChI=1S/C22H20N4S2/c1-28-20-14-8-6-12-18(20)24-22(27)25-21-23-17-11-5-7-13-19(17)26(21)15-16-9-3-2-4-10-16/h2-14H,15H2,1H3,(H2,23,24,25,27). The van der Waals surface area contributed by atoms with Gasteiger partial charge in [-0.05, 0) is 48.3 Å². The molecular weight excluding hydrogens is 384 g/mol. The molecule has 6 heteroatoms. The maximum Gasteiger partial charge on any atom is 0.210 e. The lowest BCUT2D eigenvalue weighted by Gasteiger charge is -2.14. The highest BCUT2D eigenvalue weighted by atomic mass is 32.2. The number of rotatable bonds is 5. The predicted octanol–water partition coefficient (Wildman–Crippen LogP) is 5.62. The Balaban J connectivity index is 1.62. The zero-order valence-corrected chi connectivity index (χ0v) is 17.1. The molecule has 2 N–H and O–H groups in total. The molecule has 0 fully saturated rings. The zero-order valence-electron chi connectivity index (χ0n) is 15.4. The minimum atomic E-state index is 0.520. The molecule has 0 spiro atoms. The number of nitrogens with zero attached hydrogens (tertiary/aromatic N) is 2. The van der Waals surface area contributed by atoms with Gasteiger partial charge in [0, 0.05) is 4.90 Å². The molecule has 4 rings (SSSR count). The number of thioether (sulfide) groups is 1. The van der Waals surface area contributed by atoms with Gasteiger partial charge in [-0.2, -0.15) is 0 Å². The molecule has 4 nitrogen and oxygen atoms in total. The number of nitrogens with one attached hydrogen (secondary N) is 2. The first-order chi connectivity index (χ1) is 13.7. The van der Waals surface area contributed by atoms with E-state index in [9.17, 15) is 0 Å². The van der Waals surface area contributed by atoms with Gasteiger partial charge in [0.1, 0.15) is 0 Å². The number of hydrogen-bond acceptors (Lipinski definition) is 3. The second-order valence-electron chi connectivity index (χ2n) is 6.28. The molecule has 4 aromatic rings. The van der Waals surface area contributed by atoms with Gasteiger partial charge in [-0.15, -0.1) is 11.8 Å². The smallest absolute Gasteiger partial charge is 0.210 e. The van der Waals surface area contributed by atoms with E-state index in [1.807, 2.05) is 54.6 Å². The molecule has 0 aliphatic carbocycles. The first-order valence-electron chi connectivity index (χ1n) is 8.95. The van der Waals surface area contributed by atoms with Crippen molar-refractivity contribution >= 4 is 51.8 Å². The van der Waals surface area contributed by atoms with Crippen LogP contribution in [0.3, 0.4) is 0 Å². The Kier molecular flexibility index (Phi) is 5.60. The number of thiocarbonyl (C=S) groups is 1. The third kappa shape index (κ3) is 4.03. The Morgan fingerprint density at radius 1 is 0.929 bits per heavy atom. The summed E-state index contributed by atoms with van der Waals surface area (Å²) in [6, 6.07) is 26.6. The lowest BCUT2D eigenvalue weighted by Crippen LogP contribution is -2.22. The summed E-state index contributed by atoms with van der Waals surface area (Å²) in [6.07, 6.45) is 2.05. The van der Waals surface area contributed by atoms with Crippen LogP contribution in [0.5, 0.6) is 0 Å². The van der Waals surface area contributed by atoms with Crippen molar-refractivity contribution in [3.05, 3.63) is 84.4 Å². The minimum Gasteiger partial charge on any atom is -0.331 e. The highest BCUT2D eigenvalue weighted by molar-refractivity contribution is 7.98. The van der Waals surface area contributed by atoms with Gasteiger partial charge in [-0.3, -0.25) is 0 Å². The summed E-state index contributed by atoms with van der Waals surface area (Å²) in [6.45, 7) is 0.716. The third-order valence-corrected chi connectivity index (χ3v) is 5.42. The van der Waals surface area contributed by atoms with Crippen LogP contribution in [0.4, 0.5) is 11.6 Å². The largest absolute Gasteiger partial charge is 0.331 e. The van der Waals surface area contributed by atoms with E-state index in [-0.39, 0.29) is 0 Å². The first kappa shape index (κ1) is 18.5. The van der Waals surface area contributed by atoms with E-state index in [1.54, 1.807) is 11.8 Å². The van der Waals surface area contributed by atoms with E-state index in [2.05, 4.69) is 45.7 Å². The molecule has 0 bridgehead atoms. The van der Waals surface area contributed by atoms with Crippen molar-refractivity contribution in [3.8, 4) is 0 Å². The van der Waals surface area contributed by atoms with Crippen LogP contribution in [-0.2, 0) is 6.54 Å². The van der Waals surface area contributed by atoms with Crippen molar-refractivity contribution in [2.24, 2.45) is 0 Å². The maximum absolute atomic E-state index is 5.57. The fourth-order valence-corrected chi connectivity index (χ4v) is 3.85. The summed E-state index contributed by atoms with van der Waals surface area (Å²) >= 11 is 7.25. The van der Waals surface area contributed by atoms with Crippen LogP contribution in [0.25, 0.3) is 11.0 Å². The molecular formula is C22H20N4S2. The minimum absolute atomic E-state index is 0.520. The van der Waals surface area contributed by atoms with Crippen LogP contribution in [0.1, 0.15) is 5.56 Å². The molecule has 3 aromatic carbocycles. The van der Waals surface area contributed by atoms with Crippen LogP contribution < -0.4 is 10.6 Å². The van der Waals surface area contributed by atoms with Crippen molar-refractivity contribution < 1.29 is 0 Å². The maximum atomic E-state index is 5.57. The van der Waals surface area contributed by atoms with Crippen molar-refractivity contribution in [1.82, 2.24) is 9.55 Å². The van der Waals surface area contributed by atoms with Crippen LogP contribution >= 0.6 is 24.0 Å². The molecule has 0 amide bonds. The highest BCUT2D eigenvalue weighted by Crippen LogP contribution is 2.25. The summed E-state index contributed by atoms with van der Waals surface area (Å²) in [5.74, 6) is 0.726. The van der Waals surface area contributed by atoms with Crippen LogP contribution in [0.2, 0.25) is 0 Å².